The molecule has 0 saturated carbocycles. The Hall–Kier alpha value is -4.50. The maximum atomic E-state index is 15.4. The topological polar surface area (TPSA) is 0 Å². The minimum absolute atomic E-state index is 1.37. The number of halogens is 20. The van der Waals surface area contributed by atoms with Crippen LogP contribution in [0.15, 0.2) is 0 Å². The summed E-state index contributed by atoms with van der Waals surface area (Å²) >= 11 is 0. The number of hydrogen-bond acceptors (Lipinski definition) is 0. The van der Waals surface area contributed by atoms with Crippen molar-refractivity contribution in [2.24, 2.45) is 0 Å². The molecule has 0 aromatic heterocycles. The van der Waals surface area contributed by atoms with Gasteiger partial charge in [-0.25, -0.2) is 87.8 Å². The van der Waals surface area contributed by atoms with Gasteiger partial charge in [0.25, 0.3) is 0 Å². The molecule has 0 radical (unpaired) electrons. The quantitative estimate of drug-likeness (QED) is 0.0105. The first kappa shape index (κ1) is 72.8. The molecule has 0 heterocycles. The molecule has 4 aromatic carbocycles. The molecule has 0 aliphatic carbocycles. The molecule has 0 aliphatic rings. The summed E-state index contributed by atoms with van der Waals surface area (Å²) in [5.41, 5.74) is -14.3. The largest absolute Gasteiger partial charge is 0.326 e. The van der Waals surface area contributed by atoms with E-state index in [4.69, 9.17) is 0 Å². The third-order valence-electron chi connectivity index (χ3n) is 15.9. The Balaban J connectivity index is 0.000000443. The Labute approximate surface area is 475 Å². The van der Waals surface area contributed by atoms with E-state index in [1.165, 1.54) is 217 Å². The van der Waals surface area contributed by atoms with E-state index in [1.807, 2.05) is 0 Å². The van der Waals surface area contributed by atoms with Crippen molar-refractivity contribution in [3.63, 3.8) is 0 Å². The van der Waals surface area contributed by atoms with Crippen molar-refractivity contribution >= 4 is 28.0 Å². The van der Waals surface area contributed by atoms with Crippen molar-refractivity contribution < 1.29 is 92.3 Å². The van der Waals surface area contributed by atoms with E-state index in [1.54, 1.807) is 0 Å². The van der Waals surface area contributed by atoms with Crippen LogP contribution in [0.25, 0.3) is 0 Å². The summed E-state index contributed by atoms with van der Waals surface area (Å²) in [5, 5.41) is 0. The first-order valence-corrected chi connectivity index (χ1v) is 29.5. The highest BCUT2D eigenvalue weighted by atomic mass is 19.2. The second-order valence-electron chi connectivity index (χ2n) is 22.1. The van der Waals surface area contributed by atoms with E-state index < -0.39 is 144 Å². The van der Waals surface area contributed by atoms with Gasteiger partial charge in [-0.3, -0.25) is 0 Å². The monoisotopic (exact) mass is 1220 g/mol. The number of nitrogens with zero attached hydrogens (tertiary/aromatic N) is 1. The number of rotatable bonds is 37. The summed E-state index contributed by atoms with van der Waals surface area (Å²) in [6, 6.07) is 0. The first-order chi connectivity index (χ1) is 39.4. The fraction of sp³-hybridized carbons (Fsp3) is 0.607. The van der Waals surface area contributed by atoms with Crippen molar-refractivity contribution in [3.05, 3.63) is 116 Å². The van der Waals surface area contributed by atoms with E-state index in [-0.39, 0.29) is 0 Å². The van der Waals surface area contributed by atoms with Crippen LogP contribution < -0.4 is 21.9 Å². The molecule has 0 aliphatic heterocycles. The Morgan fingerprint density at radius 2 is 0.313 bits per heavy atom. The van der Waals surface area contributed by atoms with Gasteiger partial charge in [-0.15, -0.1) is 21.9 Å². The highest BCUT2D eigenvalue weighted by molar-refractivity contribution is 7.20. The minimum atomic E-state index is -7.22. The number of quaternary nitrogens is 1. The number of hydrogen-bond donors (Lipinski definition) is 0. The Morgan fingerprint density at radius 3 is 0.458 bits per heavy atom. The summed E-state index contributed by atoms with van der Waals surface area (Å²) in [5.74, 6) is -71.4. The second-order valence-corrected chi connectivity index (χ2v) is 22.1. The molecule has 0 amide bonds. The maximum absolute atomic E-state index is 15.4. The van der Waals surface area contributed by atoms with E-state index in [0.29, 0.717) is 0 Å². The molecule has 0 unspecified atom stereocenters. The zero-order valence-electron chi connectivity index (χ0n) is 47.9. The molecule has 4 aromatic rings. The van der Waals surface area contributed by atoms with Crippen LogP contribution in [-0.4, -0.2) is 37.3 Å². The van der Waals surface area contributed by atoms with Crippen LogP contribution in [0.2, 0.25) is 0 Å². The molecule has 0 fully saturated rings. The average Bonchev–Trinajstić information content (AvgIpc) is 1.41. The second kappa shape index (κ2) is 35.8. The molecule has 0 bridgehead atoms. The lowest BCUT2D eigenvalue weighted by molar-refractivity contribution is -0.910. The molecule has 0 atom stereocenters. The van der Waals surface area contributed by atoms with Crippen molar-refractivity contribution in [2.45, 2.75) is 213 Å². The van der Waals surface area contributed by atoms with Crippen LogP contribution in [0.5, 0.6) is 0 Å². The number of benzene rings is 4. The van der Waals surface area contributed by atoms with Crippen LogP contribution in [-0.2, 0) is 0 Å². The van der Waals surface area contributed by atoms with E-state index in [2.05, 4.69) is 27.8 Å². The van der Waals surface area contributed by atoms with Gasteiger partial charge in [-0.05, 0) is 38.5 Å². The summed E-state index contributed by atoms with van der Waals surface area (Å²) in [4.78, 5) is 0. The van der Waals surface area contributed by atoms with Gasteiger partial charge in [-0.1, -0.05) is 175 Å². The number of unbranched alkanes of at least 4 members (excludes halogenated alkanes) is 27. The predicted molar refractivity (Wildman–Crippen MR) is 286 cm³/mol. The van der Waals surface area contributed by atoms with E-state index >= 15 is 35.1 Å². The normalized spacial score (nSPS) is 12.0. The fourth-order valence-corrected chi connectivity index (χ4v) is 11.2. The van der Waals surface area contributed by atoms with E-state index in [0.717, 1.165) is 0 Å². The SMILES string of the molecule is CCCCCCCCCCCC[N+](C)(CCCCCCCCCCCC)CCCCCCCCCCCC.Fc1c(F)c(F)c([B-](c2c(F)c(F)c(F)c(F)c2F)(c2c(F)c(F)c(F)c(F)c2F)c2c(F)c(F)c(F)c(F)c2F)c(F)c1F. The zero-order chi connectivity index (χ0) is 62.2. The lowest BCUT2D eigenvalue weighted by Crippen LogP contribution is -2.81. The lowest BCUT2D eigenvalue weighted by Gasteiger charge is -2.44. The van der Waals surface area contributed by atoms with Crippen LogP contribution in [0.1, 0.15) is 213 Å². The molecule has 0 N–H and O–H groups in total. The summed E-state index contributed by atoms with van der Waals surface area (Å²) < 4.78 is 295. The molecule has 1 nitrogen and oxygen atoms in total. The van der Waals surface area contributed by atoms with Crippen molar-refractivity contribution in [3.8, 4) is 0 Å². The average molecular weight is 1220 g/mol. The summed E-state index contributed by atoms with van der Waals surface area (Å²) in [6.07, 6.45) is 36.5. The van der Waals surface area contributed by atoms with E-state index in [9.17, 15) is 52.7 Å². The Morgan fingerprint density at radius 1 is 0.193 bits per heavy atom. The van der Waals surface area contributed by atoms with Crippen LogP contribution in [0, 0.1) is 116 Å². The summed E-state index contributed by atoms with van der Waals surface area (Å²) in [6.45, 7) is 11.3. The van der Waals surface area contributed by atoms with Crippen LogP contribution in [0.3, 0.4) is 0 Å². The summed E-state index contributed by atoms with van der Waals surface area (Å²) in [7, 11) is 2.61. The molecule has 0 spiro atoms. The van der Waals surface area contributed by atoms with Crippen LogP contribution in [0.4, 0.5) is 87.8 Å². The van der Waals surface area contributed by atoms with Gasteiger partial charge in [0, 0.05) is 0 Å². The molecule has 0 saturated heterocycles. The Bertz CT molecular complexity index is 2220. The third-order valence-corrected chi connectivity index (χ3v) is 15.9. The lowest BCUT2D eigenvalue weighted by atomic mass is 9.12. The van der Waals surface area contributed by atoms with Gasteiger partial charge >= 0.3 is 0 Å². The molecular formula is C61H78BF20N. The van der Waals surface area contributed by atoms with Gasteiger partial charge in [0.05, 0.1) is 26.7 Å². The molecule has 4 rings (SSSR count). The fourth-order valence-electron chi connectivity index (χ4n) is 11.2. The molecular weight excluding hydrogens is 1140 g/mol. The van der Waals surface area contributed by atoms with Crippen molar-refractivity contribution in [1.29, 1.82) is 0 Å². The highest BCUT2D eigenvalue weighted by Gasteiger charge is 2.52. The van der Waals surface area contributed by atoms with Gasteiger partial charge in [0.1, 0.15) is 52.7 Å². The Kier molecular flexibility index (Phi) is 31.4. The standard InChI is InChI=1S/C37H78N.C24BF20/c1-5-8-11-14-17-20-23-26-29-32-35-38(4,36-33-30-27-24-21-18-15-12-9-6-2)37-34-31-28-25-22-19-16-13-10-7-3;26-5-1(6(27)14(35)21(42)13(5)34)25(2-7(28)15(36)22(43)16(37)8(2)29,3-9(30)17(38)23(44)18(39)10(3)31)4-11(32)19(40)24(45)20(41)12(4)33/h5-37H2,1-4H3;/q+1;-1. The highest BCUT2D eigenvalue weighted by Crippen LogP contribution is 2.31. The molecule has 83 heavy (non-hydrogen) atoms. The predicted octanol–water partition coefficient (Wildman–Crippen LogP) is 19.0. The zero-order valence-corrected chi connectivity index (χ0v) is 47.9. The van der Waals surface area contributed by atoms with Gasteiger partial charge in [0.15, 0.2) is 69.8 Å². The first-order valence-electron chi connectivity index (χ1n) is 29.5. The maximum Gasteiger partial charge on any atom is 0.200 e. The van der Waals surface area contributed by atoms with Gasteiger partial charge in [-0.2, -0.15) is 0 Å². The van der Waals surface area contributed by atoms with Crippen molar-refractivity contribution in [1.82, 2.24) is 0 Å². The van der Waals surface area contributed by atoms with Gasteiger partial charge < -0.3 is 4.48 Å². The molecule has 22 heteroatoms. The van der Waals surface area contributed by atoms with Crippen molar-refractivity contribution in [2.75, 3.05) is 26.7 Å². The minimum Gasteiger partial charge on any atom is -0.326 e. The van der Waals surface area contributed by atoms with Crippen LogP contribution >= 0.6 is 0 Å². The third kappa shape index (κ3) is 18.5. The van der Waals surface area contributed by atoms with Gasteiger partial charge in [0.2, 0.25) is 0 Å². The molecule has 470 valence electrons. The smallest absolute Gasteiger partial charge is 0.200 e.